The lowest BCUT2D eigenvalue weighted by Crippen LogP contribution is -2.44. The highest BCUT2D eigenvalue weighted by Gasteiger charge is 2.26. The number of carbonyl (C=O) groups excluding carboxylic acids is 2. The molecule has 10 nitrogen and oxygen atoms in total. The number of halogens is 1. The summed E-state index contributed by atoms with van der Waals surface area (Å²) in [7, 11) is 1.80. The van der Waals surface area contributed by atoms with Gasteiger partial charge in [0.2, 0.25) is 5.88 Å². The molecule has 6 rings (SSSR count). The number of pyridine rings is 1. The highest BCUT2D eigenvalue weighted by Crippen LogP contribution is 2.30. The van der Waals surface area contributed by atoms with E-state index >= 15 is 0 Å². The Morgan fingerprint density at radius 1 is 0.936 bits per heavy atom. The first-order valence-electron chi connectivity index (χ1n) is 16.4. The second-order valence-corrected chi connectivity index (χ2v) is 12.5. The van der Waals surface area contributed by atoms with Gasteiger partial charge in [0.05, 0.1) is 6.20 Å². The van der Waals surface area contributed by atoms with Crippen LogP contribution in [0.25, 0.3) is 11.1 Å². The van der Waals surface area contributed by atoms with Crippen LogP contribution in [0.4, 0.5) is 4.39 Å². The molecule has 3 N–H and O–H groups in total. The molecule has 4 aromatic rings. The molecular weight excluding hydrogens is 597 g/mol. The van der Waals surface area contributed by atoms with E-state index in [4.69, 9.17) is 4.74 Å². The predicted molar refractivity (Wildman–Crippen MR) is 178 cm³/mol. The molecule has 3 heterocycles. The van der Waals surface area contributed by atoms with E-state index in [0.717, 1.165) is 68.2 Å². The first kappa shape index (κ1) is 32.3. The van der Waals surface area contributed by atoms with Crippen LogP contribution in [-0.2, 0) is 13.5 Å². The van der Waals surface area contributed by atoms with Crippen molar-refractivity contribution < 1.29 is 18.7 Å². The molecular formula is C36H42FN7O3. The quantitative estimate of drug-likeness (QED) is 0.232. The average Bonchev–Trinajstić information content (AvgIpc) is 3.44. The number of carbonyl (C=O) groups is 2. The highest BCUT2D eigenvalue weighted by molar-refractivity contribution is 5.96. The summed E-state index contributed by atoms with van der Waals surface area (Å²) in [6, 6.07) is 18.9. The van der Waals surface area contributed by atoms with Crippen LogP contribution in [0.1, 0.15) is 57.8 Å². The summed E-state index contributed by atoms with van der Waals surface area (Å²) in [5.74, 6) is -0.725. The molecule has 2 aromatic carbocycles. The molecule has 11 heteroatoms. The Kier molecular flexibility index (Phi) is 10.2. The minimum Gasteiger partial charge on any atom is -0.438 e. The Morgan fingerprint density at radius 2 is 1.62 bits per heavy atom. The number of amides is 2. The van der Waals surface area contributed by atoms with Crippen molar-refractivity contribution in [2.24, 2.45) is 7.05 Å². The number of nitrogens with one attached hydrogen (secondary N) is 3. The van der Waals surface area contributed by atoms with Crippen LogP contribution in [0.3, 0.4) is 0 Å². The molecule has 2 aromatic heterocycles. The summed E-state index contributed by atoms with van der Waals surface area (Å²) in [5, 5.41) is 13.7. The fourth-order valence-electron chi connectivity index (χ4n) is 6.23. The zero-order valence-electron chi connectivity index (χ0n) is 27.0. The molecule has 2 aliphatic rings. The number of aromatic nitrogens is 3. The number of hydrogen-bond acceptors (Lipinski definition) is 7. The topological polar surface area (TPSA) is 113 Å². The SMILES string of the molecule is Cc1cc(C(=O)NC2CCC(NC(=O)c3cc(F)cnc3Oc3cccc(-c4cccc(CCN5CCNCC5)c4)c3)CC2)nn1C. The van der Waals surface area contributed by atoms with Gasteiger partial charge >= 0.3 is 0 Å². The molecule has 0 radical (unpaired) electrons. The summed E-state index contributed by atoms with van der Waals surface area (Å²) in [6.45, 7) is 7.15. The molecule has 1 saturated heterocycles. The molecule has 0 bridgehead atoms. The first-order valence-corrected chi connectivity index (χ1v) is 16.4. The molecule has 0 atom stereocenters. The third-order valence-electron chi connectivity index (χ3n) is 9.04. The van der Waals surface area contributed by atoms with Gasteiger partial charge in [-0.2, -0.15) is 5.10 Å². The summed E-state index contributed by atoms with van der Waals surface area (Å²) in [4.78, 5) is 32.6. The Bertz CT molecular complexity index is 1690. The molecule has 1 aliphatic heterocycles. The van der Waals surface area contributed by atoms with Gasteiger partial charge in [0.1, 0.15) is 22.8 Å². The Morgan fingerprint density at radius 3 is 2.32 bits per heavy atom. The van der Waals surface area contributed by atoms with Crippen LogP contribution in [-0.4, -0.2) is 76.3 Å². The van der Waals surface area contributed by atoms with Gasteiger partial charge in [0.15, 0.2) is 0 Å². The van der Waals surface area contributed by atoms with E-state index in [1.165, 1.54) is 5.56 Å². The zero-order valence-corrected chi connectivity index (χ0v) is 27.0. The van der Waals surface area contributed by atoms with Gasteiger partial charge in [-0.25, -0.2) is 9.37 Å². The van der Waals surface area contributed by atoms with Crippen LogP contribution < -0.4 is 20.7 Å². The van der Waals surface area contributed by atoms with Crippen molar-refractivity contribution in [3.63, 3.8) is 0 Å². The summed E-state index contributed by atoms with van der Waals surface area (Å²) in [6.07, 6.45) is 4.78. The fourth-order valence-corrected chi connectivity index (χ4v) is 6.23. The minimum atomic E-state index is -0.620. The average molecular weight is 640 g/mol. The second kappa shape index (κ2) is 14.9. The van der Waals surface area contributed by atoms with E-state index < -0.39 is 11.7 Å². The van der Waals surface area contributed by atoms with Crippen molar-refractivity contribution >= 4 is 11.8 Å². The van der Waals surface area contributed by atoms with E-state index in [-0.39, 0.29) is 29.4 Å². The maximum absolute atomic E-state index is 14.3. The lowest BCUT2D eigenvalue weighted by atomic mass is 9.91. The summed E-state index contributed by atoms with van der Waals surface area (Å²) in [5.41, 5.74) is 4.65. The van der Waals surface area contributed by atoms with E-state index in [0.29, 0.717) is 37.1 Å². The lowest BCUT2D eigenvalue weighted by molar-refractivity contribution is 0.0887. The fraction of sp³-hybridized carbons (Fsp3) is 0.389. The van der Waals surface area contributed by atoms with E-state index in [1.54, 1.807) is 23.9 Å². The number of rotatable bonds is 10. The molecule has 0 unspecified atom stereocenters. The van der Waals surface area contributed by atoms with E-state index in [1.807, 2.05) is 25.1 Å². The number of nitrogens with zero attached hydrogens (tertiary/aromatic N) is 4. The highest BCUT2D eigenvalue weighted by atomic mass is 19.1. The standard InChI is InChI=1S/C36H42FN7O3/c1-24-19-33(42-43(24)2)35(46)41-30-11-9-29(10-12-30)40-34(45)32-22-28(37)23-39-36(32)47-31-8-4-7-27(21-31)26-6-3-5-25(20-26)13-16-44-17-14-38-15-18-44/h3-8,19-23,29-30,38H,9-18H2,1-2H3,(H,40,45)(H,41,46). The normalized spacial score (nSPS) is 18.4. The number of hydrogen-bond donors (Lipinski definition) is 3. The summed E-state index contributed by atoms with van der Waals surface area (Å²) >= 11 is 0. The third kappa shape index (κ3) is 8.41. The van der Waals surface area contributed by atoms with Crippen molar-refractivity contribution in [3.8, 4) is 22.8 Å². The van der Waals surface area contributed by atoms with Crippen molar-refractivity contribution in [2.75, 3.05) is 32.7 Å². The van der Waals surface area contributed by atoms with Gasteiger partial charge in [-0.1, -0.05) is 36.4 Å². The minimum absolute atomic E-state index is 0.00659. The van der Waals surface area contributed by atoms with Gasteiger partial charge in [0, 0.05) is 57.5 Å². The van der Waals surface area contributed by atoms with Crippen LogP contribution in [0.15, 0.2) is 66.9 Å². The van der Waals surface area contributed by atoms with Gasteiger partial charge < -0.3 is 25.6 Å². The molecule has 246 valence electrons. The van der Waals surface area contributed by atoms with Crippen LogP contribution in [0, 0.1) is 12.7 Å². The monoisotopic (exact) mass is 639 g/mol. The van der Waals surface area contributed by atoms with Crippen molar-refractivity contribution in [1.82, 2.24) is 35.6 Å². The van der Waals surface area contributed by atoms with Crippen molar-refractivity contribution in [2.45, 2.75) is 51.1 Å². The van der Waals surface area contributed by atoms with Crippen LogP contribution in [0.5, 0.6) is 11.6 Å². The molecule has 0 spiro atoms. The molecule has 47 heavy (non-hydrogen) atoms. The number of benzene rings is 2. The Labute approximate surface area is 274 Å². The molecule has 2 fully saturated rings. The number of aryl methyl sites for hydroxylation is 2. The largest absolute Gasteiger partial charge is 0.438 e. The van der Waals surface area contributed by atoms with E-state index in [2.05, 4.69) is 55.2 Å². The number of ether oxygens (including phenoxy) is 1. The van der Waals surface area contributed by atoms with Crippen molar-refractivity contribution in [1.29, 1.82) is 0 Å². The molecule has 1 saturated carbocycles. The Balaban J connectivity index is 1.06. The number of piperazine rings is 1. The van der Waals surface area contributed by atoms with Crippen molar-refractivity contribution in [3.05, 3.63) is 95.2 Å². The maximum Gasteiger partial charge on any atom is 0.272 e. The smallest absolute Gasteiger partial charge is 0.272 e. The van der Waals surface area contributed by atoms with Gasteiger partial charge in [-0.3, -0.25) is 14.3 Å². The van der Waals surface area contributed by atoms with Gasteiger partial charge in [-0.15, -0.1) is 0 Å². The van der Waals surface area contributed by atoms with Crippen LogP contribution in [0.2, 0.25) is 0 Å². The van der Waals surface area contributed by atoms with Crippen LogP contribution >= 0.6 is 0 Å². The van der Waals surface area contributed by atoms with Gasteiger partial charge in [-0.05, 0) is 80.0 Å². The molecule has 1 aliphatic carbocycles. The molecule has 2 amide bonds. The van der Waals surface area contributed by atoms with E-state index in [9.17, 15) is 14.0 Å². The Hall–Kier alpha value is -4.61. The first-order chi connectivity index (χ1) is 22.8. The lowest BCUT2D eigenvalue weighted by Gasteiger charge is -2.29. The zero-order chi connectivity index (χ0) is 32.8. The predicted octanol–water partition coefficient (Wildman–Crippen LogP) is 4.64. The summed E-state index contributed by atoms with van der Waals surface area (Å²) < 4.78 is 22.1. The second-order valence-electron chi connectivity index (χ2n) is 12.5. The van der Waals surface area contributed by atoms with Gasteiger partial charge in [0.25, 0.3) is 11.8 Å². The maximum atomic E-state index is 14.3. The third-order valence-corrected chi connectivity index (χ3v) is 9.04.